The van der Waals surface area contributed by atoms with E-state index in [-0.39, 0.29) is 0 Å². The predicted molar refractivity (Wildman–Crippen MR) is 296 cm³/mol. The molecule has 0 bridgehead atoms. The fourth-order valence-electron chi connectivity index (χ4n) is 9.88. The molecule has 0 spiro atoms. The van der Waals surface area contributed by atoms with Gasteiger partial charge in [-0.2, -0.15) is 0 Å². The molecule has 0 atom stereocenters. The summed E-state index contributed by atoms with van der Waals surface area (Å²) in [4.78, 5) is 4.93. The molecular weight excluding hydrogens is 853 g/mol. The summed E-state index contributed by atoms with van der Waals surface area (Å²) in [5, 5.41) is 2.55. The average Bonchev–Trinajstić information content (AvgIpc) is 3.81. The van der Waals surface area contributed by atoms with Gasteiger partial charge in [-0.1, -0.05) is 224 Å². The van der Waals surface area contributed by atoms with E-state index in [1.807, 2.05) is 11.3 Å². The van der Waals surface area contributed by atoms with Gasteiger partial charge in [0.15, 0.2) is 0 Å². The minimum absolute atomic E-state index is 1.06. The normalized spacial score (nSPS) is 11.2. The quantitative estimate of drug-likeness (QED) is 0.128. The largest absolute Gasteiger partial charge is 0.310 e. The number of anilines is 6. The molecule has 0 unspecified atom stereocenters. The van der Waals surface area contributed by atoms with Crippen molar-refractivity contribution in [2.75, 3.05) is 9.80 Å². The van der Waals surface area contributed by atoms with Crippen LogP contribution in [0.1, 0.15) is 0 Å². The van der Waals surface area contributed by atoms with Gasteiger partial charge < -0.3 is 9.80 Å². The lowest BCUT2D eigenvalue weighted by Crippen LogP contribution is -2.14. The molecule has 3 heteroatoms. The third kappa shape index (κ3) is 7.95. The second kappa shape index (κ2) is 18.5. The van der Waals surface area contributed by atoms with Gasteiger partial charge in [0.25, 0.3) is 0 Å². The van der Waals surface area contributed by atoms with Crippen LogP contribution in [0.2, 0.25) is 0 Å². The Morgan fingerprint density at radius 3 is 1.28 bits per heavy atom. The maximum atomic E-state index is 2.47. The lowest BCUT2D eigenvalue weighted by Gasteiger charge is -2.32. The molecule has 0 aliphatic rings. The molecule has 326 valence electrons. The predicted octanol–water partition coefficient (Wildman–Crippen LogP) is 19.3. The fraction of sp³-hybridized carbons (Fsp3) is 0. The van der Waals surface area contributed by atoms with Crippen molar-refractivity contribution >= 4 is 65.6 Å². The molecule has 2 nitrogen and oxygen atoms in total. The van der Waals surface area contributed by atoms with E-state index in [1.54, 1.807) is 0 Å². The Morgan fingerprint density at radius 2 is 0.696 bits per heavy atom. The minimum atomic E-state index is 1.06. The first kappa shape index (κ1) is 41.7. The summed E-state index contributed by atoms with van der Waals surface area (Å²) in [6.07, 6.45) is 0. The summed E-state index contributed by atoms with van der Waals surface area (Å²) >= 11 is 1.87. The molecule has 0 amide bonds. The second-order valence-corrected chi connectivity index (χ2v) is 18.3. The monoisotopic (exact) mass is 898 g/mol. The highest BCUT2D eigenvalue weighted by molar-refractivity contribution is 7.26. The average molecular weight is 899 g/mol. The van der Waals surface area contributed by atoms with Crippen LogP contribution in [0.5, 0.6) is 0 Å². The van der Waals surface area contributed by atoms with Gasteiger partial charge in [0.2, 0.25) is 0 Å². The van der Waals surface area contributed by atoms with Crippen LogP contribution in [0.3, 0.4) is 0 Å². The maximum absolute atomic E-state index is 2.47. The van der Waals surface area contributed by atoms with Crippen LogP contribution >= 0.6 is 11.3 Å². The Labute approximate surface area is 407 Å². The second-order valence-electron chi connectivity index (χ2n) is 17.2. The van der Waals surface area contributed by atoms with Crippen molar-refractivity contribution in [2.45, 2.75) is 0 Å². The Morgan fingerprint density at radius 1 is 0.246 bits per heavy atom. The van der Waals surface area contributed by atoms with E-state index in [0.717, 1.165) is 67.5 Å². The fourth-order valence-corrected chi connectivity index (χ4v) is 11.2. The van der Waals surface area contributed by atoms with Crippen molar-refractivity contribution < 1.29 is 0 Å². The molecule has 0 N–H and O–H groups in total. The summed E-state index contributed by atoms with van der Waals surface area (Å²) in [7, 11) is 0. The molecule has 0 aliphatic heterocycles. The van der Waals surface area contributed by atoms with Crippen molar-refractivity contribution in [3.8, 4) is 55.6 Å². The third-order valence-electron chi connectivity index (χ3n) is 13.1. The first-order chi connectivity index (χ1) is 34.3. The zero-order valence-corrected chi connectivity index (χ0v) is 38.7. The Balaban J connectivity index is 1.08. The van der Waals surface area contributed by atoms with E-state index in [9.17, 15) is 0 Å². The van der Waals surface area contributed by atoms with Crippen LogP contribution in [0.15, 0.2) is 279 Å². The number of fused-ring (bicyclic) bond motifs is 3. The van der Waals surface area contributed by atoms with Gasteiger partial charge in [-0.3, -0.25) is 0 Å². The van der Waals surface area contributed by atoms with E-state index < -0.39 is 0 Å². The third-order valence-corrected chi connectivity index (χ3v) is 14.3. The summed E-state index contributed by atoms with van der Waals surface area (Å²) < 4.78 is 2.56. The molecule has 0 radical (unpaired) electrons. The number of rotatable bonds is 11. The first-order valence-electron chi connectivity index (χ1n) is 23.5. The van der Waals surface area contributed by atoms with Crippen LogP contribution in [-0.2, 0) is 0 Å². The van der Waals surface area contributed by atoms with Crippen LogP contribution in [0.4, 0.5) is 34.1 Å². The molecule has 1 heterocycles. The molecule has 69 heavy (non-hydrogen) atoms. The zero-order chi connectivity index (χ0) is 45.9. The molecule has 12 rings (SSSR count). The van der Waals surface area contributed by atoms with Gasteiger partial charge in [-0.05, 0) is 88.0 Å². The van der Waals surface area contributed by atoms with Crippen molar-refractivity contribution in [3.05, 3.63) is 279 Å². The van der Waals surface area contributed by atoms with Crippen LogP contribution in [0.25, 0.3) is 75.8 Å². The summed E-state index contributed by atoms with van der Waals surface area (Å²) in [6, 6.07) is 101. The molecule has 0 aliphatic carbocycles. The number of hydrogen-bond acceptors (Lipinski definition) is 3. The Kier molecular flexibility index (Phi) is 11.2. The zero-order valence-electron chi connectivity index (χ0n) is 37.9. The number of hydrogen-bond donors (Lipinski definition) is 0. The first-order valence-corrected chi connectivity index (χ1v) is 24.3. The molecule has 11 aromatic carbocycles. The lowest BCUT2D eigenvalue weighted by molar-refractivity contribution is 1.28. The van der Waals surface area contributed by atoms with E-state index in [0.29, 0.717) is 0 Å². The lowest BCUT2D eigenvalue weighted by atomic mass is 9.96. The van der Waals surface area contributed by atoms with Gasteiger partial charge >= 0.3 is 0 Å². The molecule has 0 saturated carbocycles. The number of para-hydroxylation sites is 3. The Hall–Kier alpha value is -8.76. The van der Waals surface area contributed by atoms with Gasteiger partial charge in [0.1, 0.15) is 0 Å². The van der Waals surface area contributed by atoms with Gasteiger partial charge in [-0.25, -0.2) is 0 Å². The van der Waals surface area contributed by atoms with Crippen molar-refractivity contribution in [2.24, 2.45) is 0 Å². The van der Waals surface area contributed by atoms with E-state index in [4.69, 9.17) is 0 Å². The number of thiophene rings is 1. The highest BCUT2D eigenvalue weighted by Crippen LogP contribution is 2.51. The van der Waals surface area contributed by atoms with Gasteiger partial charge in [0, 0.05) is 53.8 Å². The summed E-state index contributed by atoms with van der Waals surface area (Å²) in [5.74, 6) is 0. The smallest absolute Gasteiger partial charge is 0.0554 e. The Bertz CT molecular complexity index is 3630. The minimum Gasteiger partial charge on any atom is -0.310 e. The highest BCUT2D eigenvalue weighted by atomic mass is 32.1. The SMILES string of the molecule is c1ccc(-c2ccc(N(c3cccc(-c4ccccc4N(c4ccccc4-c4ccccc4)c4ccccc4-c4ccccc4)c3)c3ccc4c(sc5ccccc54)c3-c3ccccc3)cc2)cc1. The molecule has 1 aromatic heterocycles. The van der Waals surface area contributed by atoms with Crippen molar-refractivity contribution in [1.29, 1.82) is 0 Å². The van der Waals surface area contributed by atoms with Crippen LogP contribution < -0.4 is 9.80 Å². The molecular formula is C66H46N2S. The van der Waals surface area contributed by atoms with E-state index in [2.05, 4.69) is 289 Å². The van der Waals surface area contributed by atoms with E-state index >= 15 is 0 Å². The molecule has 0 saturated heterocycles. The highest BCUT2D eigenvalue weighted by Gasteiger charge is 2.25. The number of benzene rings is 11. The summed E-state index contributed by atoms with van der Waals surface area (Å²) in [6.45, 7) is 0. The number of nitrogens with zero attached hydrogens (tertiary/aromatic N) is 2. The maximum Gasteiger partial charge on any atom is 0.0554 e. The summed E-state index contributed by atoms with van der Waals surface area (Å²) in [5.41, 5.74) is 18.2. The topological polar surface area (TPSA) is 6.48 Å². The standard InChI is InChI=1S/C66H46N2S/c1-5-22-47(23-6-1)48-40-42-53(43-41-48)67(63-45-44-59-58-35-16-20-39-64(58)69-66(59)65(63)51-28-11-4-12-29-51)54-31-21-30-52(46-54)57-34-15-19-38-62(57)68(60-36-17-13-32-55(60)49-24-7-2-8-25-49)61-37-18-14-33-56(61)50-26-9-3-10-27-50/h1-46H. The van der Waals surface area contributed by atoms with Crippen molar-refractivity contribution in [1.82, 2.24) is 0 Å². The molecule has 12 aromatic rings. The van der Waals surface area contributed by atoms with Crippen molar-refractivity contribution in [3.63, 3.8) is 0 Å². The van der Waals surface area contributed by atoms with Gasteiger partial charge in [0.05, 0.1) is 22.7 Å². The van der Waals surface area contributed by atoms with Crippen LogP contribution in [-0.4, -0.2) is 0 Å². The molecule has 0 fully saturated rings. The van der Waals surface area contributed by atoms with Gasteiger partial charge in [-0.15, -0.1) is 11.3 Å². The van der Waals surface area contributed by atoms with E-state index in [1.165, 1.54) is 42.4 Å². The van der Waals surface area contributed by atoms with Crippen LogP contribution in [0, 0.1) is 0 Å².